The molecule has 0 aromatic heterocycles. The van der Waals surface area contributed by atoms with Gasteiger partial charge in [0.25, 0.3) is 0 Å². The van der Waals surface area contributed by atoms with Crippen LogP contribution in [-0.4, -0.2) is 17.8 Å². The fourth-order valence-corrected chi connectivity index (χ4v) is 2.72. The van der Waals surface area contributed by atoms with Gasteiger partial charge in [-0.15, -0.1) is 0 Å². The highest BCUT2D eigenvalue weighted by atomic mass is 16.3. The third kappa shape index (κ3) is 2.96. The first-order valence-electron chi connectivity index (χ1n) is 6.07. The molecule has 0 radical (unpaired) electrons. The Bertz CT molecular complexity index is 156. The lowest BCUT2D eigenvalue weighted by Gasteiger charge is -2.34. The SMILES string of the molecule is CCC(CN)C(O)C1CCCC(C)C1. The van der Waals surface area contributed by atoms with Crippen molar-refractivity contribution < 1.29 is 5.11 Å². The summed E-state index contributed by atoms with van der Waals surface area (Å²) >= 11 is 0. The molecule has 4 unspecified atom stereocenters. The zero-order valence-corrected chi connectivity index (χ0v) is 9.58. The van der Waals surface area contributed by atoms with Gasteiger partial charge in [0.15, 0.2) is 0 Å². The highest BCUT2D eigenvalue weighted by molar-refractivity contribution is 4.80. The summed E-state index contributed by atoms with van der Waals surface area (Å²) in [6.45, 7) is 5.04. The summed E-state index contributed by atoms with van der Waals surface area (Å²) in [6.07, 6.45) is 5.85. The van der Waals surface area contributed by atoms with Gasteiger partial charge in [-0.1, -0.05) is 26.7 Å². The van der Waals surface area contributed by atoms with E-state index in [-0.39, 0.29) is 6.10 Å². The highest BCUT2D eigenvalue weighted by Gasteiger charge is 2.29. The maximum absolute atomic E-state index is 10.2. The van der Waals surface area contributed by atoms with Crippen LogP contribution in [0.2, 0.25) is 0 Å². The second-order valence-electron chi connectivity index (χ2n) is 4.93. The van der Waals surface area contributed by atoms with Crippen molar-refractivity contribution in [2.45, 2.75) is 52.1 Å². The van der Waals surface area contributed by atoms with Gasteiger partial charge in [-0.2, -0.15) is 0 Å². The molecule has 1 rings (SSSR count). The Morgan fingerprint density at radius 1 is 1.43 bits per heavy atom. The summed E-state index contributed by atoms with van der Waals surface area (Å²) in [5, 5.41) is 10.2. The van der Waals surface area contributed by atoms with E-state index in [2.05, 4.69) is 13.8 Å². The molecule has 4 atom stereocenters. The molecule has 0 bridgehead atoms. The van der Waals surface area contributed by atoms with Crippen LogP contribution in [0.15, 0.2) is 0 Å². The zero-order valence-electron chi connectivity index (χ0n) is 9.58. The Morgan fingerprint density at radius 2 is 2.14 bits per heavy atom. The van der Waals surface area contributed by atoms with Crippen molar-refractivity contribution in [3.63, 3.8) is 0 Å². The van der Waals surface area contributed by atoms with Crippen molar-refractivity contribution in [2.24, 2.45) is 23.5 Å². The van der Waals surface area contributed by atoms with Gasteiger partial charge in [-0.05, 0) is 43.6 Å². The van der Waals surface area contributed by atoms with Crippen LogP contribution in [0.5, 0.6) is 0 Å². The van der Waals surface area contributed by atoms with Crippen molar-refractivity contribution in [3.05, 3.63) is 0 Å². The number of nitrogens with two attached hydrogens (primary N) is 1. The molecule has 0 saturated heterocycles. The molecule has 1 aliphatic carbocycles. The second-order valence-corrected chi connectivity index (χ2v) is 4.93. The maximum Gasteiger partial charge on any atom is 0.0608 e. The smallest absolute Gasteiger partial charge is 0.0608 e. The van der Waals surface area contributed by atoms with Crippen LogP contribution in [-0.2, 0) is 0 Å². The van der Waals surface area contributed by atoms with Crippen molar-refractivity contribution in [3.8, 4) is 0 Å². The minimum atomic E-state index is -0.159. The molecule has 1 saturated carbocycles. The molecule has 0 aliphatic heterocycles. The standard InChI is InChI=1S/C12H25NO/c1-3-10(8-13)12(14)11-6-4-5-9(2)7-11/h9-12,14H,3-8,13H2,1-2H3. The van der Waals surface area contributed by atoms with Gasteiger partial charge in [-0.25, -0.2) is 0 Å². The van der Waals surface area contributed by atoms with E-state index < -0.39 is 0 Å². The second kappa shape index (κ2) is 5.72. The van der Waals surface area contributed by atoms with E-state index in [1.165, 1.54) is 25.7 Å². The van der Waals surface area contributed by atoms with Gasteiger partial charge in [-0.3, -0.25) is 0 Å². The Hall–Kier alpha value is -0.0800. The van der Waals surface area contributed by atoms with Gasteiger partial charge >= 0.3 is 0 Å². The molecule has 2 nitrogen and oxygen atoms in total. The average Bonchev–Trinajstić information content (AvgIpc) is 2.19. The molecule has 1 aliphatic rings. The lowest BCUT2D eigenvalue weighted by atomic mass is 9.76. The first-order chi connectivity index (χ1) is 6.69. The van der Waals surface area contributed by atoms with Crippen LogP contribution >= 0.6 is 0 Å². The predicted octanol–water partition coefficient (Wildman–Crippen LogP) is 2.16. The monoisotopic (exact) mass is 199 g/mol. The molecule has 2 heteroatoms. The quantitative estimate of drug-likeness (QED) is 0.729. The summed E-state index contributed by atoms with van der Waals surface area (Å²) in [5.74, 6) is 1.61. The van der Waals surface area contributed by atoms with Gasteiger partial charge in [0.05, 0.1) is 6.10 Å². The van der Waals surface area contributed by atoms with E-state index in [9.17, 15) is 5.11 Å². The molecule has 0 amide bonds. The molecule has 0 aromatic carbocycles. The Kier molecular flexibility index (Phi) is 4.90. The van der Waals surface area contributed by atoms with Crippen LogP contribution in [0.25, 0.3) is 0 Å². The Labute approximate surface area is 87.9 Å². The Morgan fingerprint density at radius 3 is 2.64 bits per heavy atom. The van der Waals surface area contributed by atoms with E-state index in [0.29, 0.717) is 18.4 Å². The van der Waals surface area contributed by atoms with Gasteiger partial charge < -0.3 is 10.8 Å². The van der Waals surface area contributed by atoms with Gasteiger partial charge in [0.2, 0.25) is 0 Å². The van der Waals surface area contributed by atoms with Crippen molar-refractivity contribution in [1.29, 1.82) is 0 Å². The highest BCUT2D eigenvalue weighted by Crippen LogP contribution is 2.33. The minimum Gasteiger partial charge on any atom is -0.393 e. The summed E-state index contributed by atoms with van der Waals surface area (Å²) in [7, 11) is 0. The van der Waals surface area contributed by atoms with Gasteiger partial charge in [0, 0.05) is 0 Å². The molecule has 3 N–H and O–H groups in total. The van der Waals surface area contributed by atoms with E-state index >= 15 is 0 Å². The zero-order chi connectivity index (χ0) is 10.6. The maximum atomic E-state index is 10.2. The van der Waals surface area contributed by atoms with Crippen LogP contribution in [0.1, 0.15) is 46.0 Å². The summed E-state index contributed by atoms with van der Waals surface area (Å²) in [6, 6.07) is 0. The molecule has 0 spiro atoms. The summed E-state index contributed by atoms with van der Waals surface area (Å²) in [5.41, 5.74) is 5.67. The largest absolute Gasteiger partial charge is 0.393 e. The average molecular weight is 199 g/mol. The third-order valence-corrected chi connectivity index (χ3v) is 3.77. The molecule has 1 fully saturated rings. The van der Waals surface area contributed by atoms with Gasteiger partial charge in [0.1, 0.15) is 0 Å². The van der Waals surface area contributed by atoms with Crippen LogP contribution in [0.3, 0.4) is 0 Å². The number of hydrogen-bond donors (Lipinski definition) is 2. The number of aliphatic hydroxyl groups is 1. The fraction of sp³-hybridized carbons (Fsp3) is 1.00. The van der Waals surface area contributed by atoms with Crippen molar-refractivity contribution in [2.75, 3.05) is 6.54 Å². The first kappa shape index (κ1) is 12.0. The number of hydrogen-bond acceptors (Lipinski definition) is 2. The fourth-order valence-electron chi connectivity index (χ4n) is 2.72. The summed E-state index contributed by atoms with van der Waals surface area (Å²) < 4.78 is 0. The lowest BCUT2D eigenvalue weighted by Crippen LogP contribution is -2.35. The topological polar surface area (TPSA) is 46.2 Å². The minimum absolute atomic E-state index is 0.159. The molecule has 0 aromatic rings. The van der Waals surface area contributed by atoms with Crippen LogP contribution in [0, 0.1) is 17.8 Å². The number of rotatable bonds is 4. The van der Waals surface area contributed by atoms with E-state index in [0.717, 1.165) is 12.3 Å². The molecular formula is C12H25NO. The molecular weight excluding hydrogens is 174 g/mol. The molecule has 0 heterocycles. The first-order valence-corrected chi connectivity index (χ1v) is 6.07. The number of aliphatic hydroxyl groups excluding tert-OH is 1. The van der Waals surface area contributed by atoms with E-state index in [1.54, 1.807) is 0 Å². The van der Waals surface area contributed by atoms with E-state index in [1.807, 2.05) is 0 Å². The normalized spacial score (nSPS) is 32.6. The van der Waals surface area contributed by atoms with Crippen LogP contribution in [0.4, 0.5) is 0 Å². The lowest BCUT2D eigenvalue weighted by molar-refractivity contribution is 0.0255. The van der Waals surface area contributed by atoms with Crippen molar-refractivity contribution >= 4 is 0 Å². The van der Waals surface area contributed by atoms with Crippen molar-refractivity contribution in [1.82, 2.24) is 0 Å². The van der Waals surface area contributed by atoms with E-state index in [4.69, 9.17) is 5.73 Å². The molecule has 84 valence electrons. The molecule has 14 heavy (non-hydrogen) atoms. The summed E-state index contributed by atoms with van der Waals surface area (Å²) in [4.78, 5) is 0. The Balaban J connectivity index is 2.45. The predicted molar refractivity (Wildman–Crippen MR) is 60.0 cm³/mol. The van der Waals surface area contributed by atoms with Crippen LogP contribution < -0.4 is 5.73 Å². The third-order valence-electron chi connectivity index (χ3n) is 3.77.